The van der Waals surface area contributed by atoms with E-state index in [1.807, 2.05) is 0 Å². The van der Waals surface area contributed by atoms with Crippen LogP contribution in [0.2, 0.25) is 0 Å². The summed E-state index contributed by atoms with van der Waals surface area (Å²) < 4.78 is 0. The van der Waals surface area contributed by atoms with Crippen LogP contribution >= 0.6 is 0 Å². The molecule has 0 aromatic heterocycles. The van der Waals surface area contributed by atoms with E-state index in [-0.39, 0.29) is 5.41 Å². The van der Waals surface area contributed by atoms with Crippen molar-refractivity contribution >= 4 is 0 Å². The van der Waals surface area contributed by atoms with Crippen molar-refractivity contribution in [2.45, 2.75) is 39.0 Å². The lowest BCUT2D eigenvalue weighted by molar-refractivity contribution is 0.0369. The largest absolute Gasteiger partial charge is 0.396 e. The van der Waals surface area contributed by atoms with Crippen molar-refractivity contribution in [1.29, 1.82) is 0 Å². The average Bonchev–Trinajstić information content (AvgIpc) is 2.49. The Morgan fingerprint density at radius 1 is 1.20 bits per heavy atom. The van der Waals surface area contributed by atoms with Gasteiger partial charge in [-0.25, -0.2) is 0 Å². The highest BCUT2D eigenvalue weighted by molar-refractivity contribution is 5.14. The summed E-state index contributed by atoms with van der Waals surface area (Å²) in [5, 5.41) is 9.84. The molecule has 1 aromatic rings. The fourth-order valence-corrected chi connectivity index (χ4v) is 3.36. The number of benzene rings is 1. The van der Waals surface area contributed by atoms with Gasteiger partial charge in [0.05, 0.1) is 0 Å². The van der Waals surface area contributed by atoms with Crippen LogP contribution in [-0.4, -0.2) is 36.8 Å². The Balaban J connectivity index is 1.82. The predicted octanol–water partition coefficient (Wildman–Crippen LogP) is 3.35. The van der Waals surface area contributed by atoms with Crippen LogP contribution in [0.5, 0.6) is 0 Å². The zero-order chi connectivity index (χ0) is 14.4. The van der Waals surface area contributed by atoms with Crippen LogP contribution in [-0.2, 0) is 6.42 Å². The molecule has 0 heterocycles. The van der Waals surface area contributed by atoms with Gasteiger partial charge in [-0.15, -0.1) is 0 Å². The summed E-state index contributed by atoms with van der Waals surface area (Å²) in [7, 11) is 2.19. The van der Waals surface area contributed by atoms with E-state index < -0.39 is 0 Å². The lowest BCUT2D eigenvalue weighted by Gasteiger charge is -2.40. The first kappa shape index (κ1) is 15.5. The number of aliphatic hydroxyl groups excluding tert-OH is 1. The summed E-state index contributed by atoms with van der Waals surface area (Å²) in [6.45, 7) is 4.78. The molecule has 0 amide bonds. The molecule has 1 fully saturated rings. The van der Waals surface area contributed by atoms with Gasteiger partial charge in [-0.3, -0.25) is 0 Å². The first-order chi connectivity index (χ1) is 9.63. The number of aliphatic hydroxyl groups is 1. The molecule has 0 aliphatic heterocycles. The lowest BCUT2D eigenvalue weighted by Crippen LogP contribution is -2.41. The second-order valence-corrected chi connectivity index (χ2v) is 6.81. The van der Waals surface area contributed by atoms with Crippen molar-refractivity contribution in [3.63, 3.8) is 0 Å². The van der Waals surface area contributed by atoms with E-state index in [1.165, 1.54) is 31.2 Å². The maximum Gasteiger partial charge on any atom is 0.0499 e. The molecule has 2 nitrogen and oxygen atoms in total. The van der Waals surface area contributed by atoms with Crippen LogP contribution in [0.15, 0.2) is 30.3 Å². The van der Waals surface area contributed by atoms with E-state index in [4.69, 9.17) is 0 Å². The van der Waals surface area contributed by atoms with E-state index in [2.05, 4.69) is 49.2 Å². The zero-order valence-corrected chi connectivity index (χ0v) is 13.0. The minimum absolute atomic E-state index is 0.151. The highest BCUT2D eigenvalue weighted by Gasteiger charge is 2.34. The first-order valence-corrected chi connectivity index (χ1v) is 7.97. The standard InChI is InChI=1S/C18H29NO/c1-16-8-11-18(15-20,12-9-16)14-19(2)13-10-17-6-4-3-5-7-17/h3-7,16,20H,8-15H2,1-2H3. The van der Waals surface area contributed by atoms with Crippen LogP contribution in [0, 0.1) is 11.3 Å². The molecule has 2 rings (SSSR count). The quantitative estimate of drug-likeness (QED) is 0.860. The Morgan fingerprint density at radius 3 is 2.45 bits per heavy atom. The van der Waals surface area contributed by atoms with Crippen molar-refractivity contribution < 1.29 is 5.11 Å². The topological polar surface area (TPSA) is 23.5 Å². The molecule has 0 saturated heterocycles. The molecule has 2 heteroatoms. The SMILES string of the molecule is CC1CCC(CO)(CN(C)CCc2ccccc2)CC1. The molecule has 112 valence electrons. The molecule has 1 aromatic carbocycles. The minimum atomic E-state index is 0.151. The second-order valence-electron chi connectivity index (χ2n) is 6.81. The molecular weight excluding hydrogens is 246 g/mol. The molecule has 0 atom stereocenters. The maximum absolute atomic E-state index is 9.84. The smallest absolute Gasteiger partial charge is 0.0499 e. The van der Waals surface area contributed by atoms with Crippen molar-refractivity contribution in [1.82, 2.24) is 4.90 Å². The number of likely N-dealkylation sites (N-methyl/N-ethyl adjacent to an activating group) is 1. The van der Waals surface area contributed by atoms with Crippen LogP contribution < -0.4 is 0 Å². The number of rotatable bonds is 6. The fourth-order valence-electron chi connectivity index (χ4n) is 3.36. The molecule has 1 aliphatic rings. The zero-order valence-electron chi connectivity index (χ0n) is 13.0. The van der Waals surface area contributed by atoms with E-state index in [0.29, 0.717) is 6.61 Å². The van der Waals surface area contributed by atoms with Gasteiger partial charge < -0.3 is 10.0 Å². The highest BCUT2D eigenvalue weighted by Crippen LogP contribution is 2.38. The van der Waals surface area contributed by atoms with E-state index in [0.717, 1.165) is 25.4 Å². The molecule has 1 aliphatic carbocycles. The summed E-state index contributed by atoms with van der Waals surface area (Å²) in [6, 6.07) is 10.7. The van der Waals surface area contributed by atoms with Crippen molar-refractivity contribution in [2.75, 3.05) is 26.7 Å². The van der Waals surface area contributed by atoms with Crippen molar-refractivity contribution in [2.24, 2.45) is 11.3 Å². The second kappa shape index (κ2) is 7.24. The molecule has 20 heavy (non-hydrogen) atoms. The summed E-state index contributed by atoms with van der Waals surface area (Å²) in [6.07, 6.45) is 6.00. The van der Waals surface area contributed by atoms with Gasteiger partial charge in [0.2, 0.25) is 0 Å². The Kier molecular flexibility index (Phi) is 5.62. The van der Waals surface area contributed by atoms with Crippen molar-refractivity contribution in [3.8, 4) is 0 Å². The average molecular weight is 275 g/mol. The first-order valence-electron chi connectivity index (χ1n) is 7.97. The van der Waals surface area contributed by atoms with Crippen LogP contribution in [0.1, 0.15) is 38.2 Å². The summed E-state index contributed by atoms with van der Waals surface area (Å²) in [5.74, 6) is 0.837. The summed E-state index contributed by atoms with van der Waals surface area (Å²) in [5.41, 5.74) is 1.55. The Hall–Kier alpha value is -0.860. The molecule has 0 spiro atoms. The van der Waals surface area contributed by atoms with E-state index in [9.17, 15) is 5.11 Å². The van der Waals surface area contributed by atoms with Crippen LogP contribution in [0.25, 0.3) is 0 Å². The third-order valence-electron chi connectivity index (χ3n) is 4.90. The molecule has 0 bridgehead atoms. The van der Waals surface area contributed by atoms with Gasteiger partial charge in [-0.1, -0.05) is 50.1 Å². The van der Waals surface area contributed by atoms with Gasteiger partial charge in [-0.05, 0) is 37.8 Å². The lowest BCUT2D eigenvalue weighted by atomic mass is 9.71. The van der Waals surface area contributed by atoms with E-state index >= 15 is 0 Å². The van der Waals surface area contributed by atoms with Crippen LogP contribution in [0.4, 0.5) is 0 Å². The van der Waals surface area contributed by atoms with Gasteiger partial charge in [-0.2, -0.15) is 0 Å². The van der Waals surface area contributed by atoms with Gasteiger partial charge in [0.15, 0.2) is 0 Å². The van der Waals surface area contributed by atoms with Gasteiger partial charge in [0.1, 0.15) is 0 Å². The number of nitrogens with zero attached hydrogens (tertiary/aromatic N) is 1. The number of hydrogen-bond donors (Lipinski definition) is 1. The third kappa shape index (κ3) is 4.32. The molecule has 0 radical (unpaired) electrons. The van der Waals surface area contributed by atoms with Gasteiger partial charge >= 0.3 is 0 Å². The highest BCUT2D eigenvalue weighted by atomic mass is 16.3. The van der Waals surface area contributed by atoms with Crippen LogP contribution in [0.3, 0.4) is 0 Å². The molecule has 1 N–H and O–H groups in total. The van der Waals surface area contributed by atoms with Crippen molar-refractivity contribution in [3.05, 3.63) is 35.9 Å². The third-order valence-corrected chi connectivity index (χ3v) is 4.90. The Labute approximate surface area is 123 Å². The number of hydrogen-bond acceptors (Lipinski definition) is 2. The Bertz CT molecular complexity index is 382. The predicted molar refractivity (Wildman–Crippen MR) is 84.8 cm³/mol. The maximum atomic E-state index is 9.84. The molecular formula is C18H29NO. The minimum Gasteiger partial charge on any atom is -0.396 e. The molecule has 0 unspecified atom stereocenters. The fraction of sp³-hybridized carbons (Fsp3) is 0.667. The monoisotopic (exact) mass is 275 g/mol. The molecule has 1 saturated carbocycles. The van der Waals surface area contributed by atoms with Gasteiger partial charge in [0.25, 0.3) is 0 Å². The normalized spacial score (nSPS) is 26.9. The van der Waals surface area contributed by atoms with E-state index in [1.54, 1.807) is 0 Å². The summed E-state index contributed by atoms with van der Waals surface area (Å²) >= 11 is 0. The van der Waals surface area contributed by atoms with Gasteiger partial charge in [0, 0.05) is 25.1 Å². The summed E-state index contributed by atoms with van der Waals surface area (Å²) in [4.78, 5) is 2.40. The Morgan fingerprint density at radius 2 is 1.85 bits per heavy atom.